The van der Waals surface area contributed by atoms with E-state index in [0.717, 1.165) is 6.92 Å². The number of rotatable bonds is 0. The van der Waals surface area contributed by atoms with Gasteiger partial charge in [-0.3, -0.25) is 4.79 Å². The molecule has 3 N–H and O–H groups in total. The van der Waals surface area contributed by atoms with E-state index in [4.69, 9.17) is 9.90 Å². The summed E-state index contributed by atoms with van der Waals surface area (Å²) >= 11 is 0. The summed E-state index contributed by atoms with van der Waals surface area (Å²) in [5.74, 6) is -0.833. The molecular weight excluding hydrogens is 186 g/mol. The van der Waals surface area contributed by atoms with Crippen molar-refractivity contribution in [2.75, 3.05) is 0 Å². The molecule has 0 saturated heterocycles. The van der Waals surface area contributed by atoms with Gasteiger partial charge < -0.3 is 10.6 Å². The van der Waals surface area contributed by atoms with Crippen molar-refractivity contribution < 1.29 is 49.2 Å². The van der Waals surface area contributed by atoms with Crippen molar-refractivity contribution in [1.29, 1.82) is 0 Å². The van der Waals surface area contributed by atoms with Gasteiger partial charge in [-0.2, -0.15) is 0 Å². The molecule has 0 fully saturated rings. The Labute approximate surface area is 62.5 Å². The first-order valence-electron chi connectivity index (χ1n) is 0.928. The largest absolute Gasteiger partial charge is 0.481 e. The summed E-state index contributed by atoms with van der Waals surface area (Å²) in [7, 11) is 0. The molecule has 0 spiro atoms. The molecule has 0 aliphatic heterocycles. The fourth-order valence-corrected chi connectivity index (χ4v) is 0. The van der Waals surface area contributed by atoms with E-state index in [2.05, 4.69) is 0 Å². The quantitative estimate of drug-likeness (QED) is 0.513. The second kappa shape index (κ2) is 16.1. The second-order valence-electron chi connectivity index (χ2n) is 0.519. The Bertz CT molecular complexity index is 35.9. The van der Waals surface area contributed by atoms with Gasteiger partial charge in [-0.15, -0.1) is 0 Å². The summed E-state index contributed by atoms with van der Waals surface area (Å²) < 4.78 is 0. The molecule has 0 saturated carbocycles. The van der Waals surface area contributed by atoms with Crippen LogP contribution < -0.4 is 0 Å². The summed E-state index contributed by atoms with van der Waals surface area (Å²) in [6.07, 6.45) is 0. The van der Waals surface area contributed by atoms with Crippen molar-refractivity contribution in [3.05, 3.63) is 0 Å². The number of aliphatic carboxylic acids is 1. The Kier molecular flexibility index (Phi) is 59.8. The molecule has 48 valence electrons. The molecule has 0 aromatic rings. The smallest absolute Gasteiger partial charge is 0.300 e. The van der Waals surface area contributed by atoms with E-state index in [1.807, 2.05) is 0 Å². The van der Waals surface area contributed by atoms with Gasteiger partial charge in [0.25, 0.3) is 5.97 Å². The zero-order valence-electron chi connectivity index (χ0n) is 3.57. The third-order valence-electron chi connectivity index (χ3n) is 0. The molecule has 0 aliphatic rings. The molecule has 0 unspecified atom stereocenters. The minimum absolute atomic E-state index is 0. The molecule has 0 amide bonds. The minimum atomic E-state index is -0.833. The number of carboxylic acids is 1. The molecule has 3 nitrogen and oxygen atoms in total. The third kappa shape index (κ3) is 617. The molecular formula is C2H6CoMnO3. The molecule has 5 heteroatoms. The third-order valence-corrected chi connectivity index (χ3v) is 0. The number of hydrogen-bond acceptors (Lipinski definition) is 1. The summed E-state index contributed by atoms with van der Waals surface area (Å²) in [6.45, 7) is 1.08. The maximum Gasteiger partial charge on any atom is 0.300 e. The van der Waals surface area contributed by atoms with Gasteiger partial charge in [0, 0.05) is 40.8 Å². The van der Waals surface area contributed by atoms with Crippen LogP contribution >= 0.6 is 0 Å². The predicted molar refractivity (Wildman–Crippen MR) is 16.9 cm³/mol. The van der Waals surface area contributed by atoms with Gasteiger partial charge in [-0.05, 0) is 0 Å². The second-order valence-corrected chi connectivity index (χ2v) is 0.519. The van der Waals surface area contributed by atoms with Crippen molar-refractivity contribution in [2.45, 2.75) is 6.92 Å². The maximum absolute atomic E-state index is 9.00. The van der Waals surface area contributed by atoms with Gasteiger partial charge in [0.2, 0.25) is 0 Å². The molecule has 0 bridgehead atoms. The average Bonchev–Trinajstić information content (AvgIpc) is 0.811. The fraction of sp³-hybridized carbons (Fsp3) is 0.500. The Morgan fingerprint density at radius 2 is 1.57 bits per heavy atom. The van der Waals surface area contributed by atoms with Crippen molar-refractivity contribution >= 4 is 5.97 Å². The van der Waals surface area contributed by atoms with Gasteiger partial charge >= 0.3 is 0 Å². The van der Waals surface area contributed by atoms with E-state index < -0.39 is 5.97 Å². The zero-order valence-corrected chi connectivity index (χ0v) is 5.79. The predicted octanol–water partition coefficient (Wildman–Crippen LogP) is -0.739. The van der Waals surface area contributed by atoms with Crippen molar-refractivity contribution in [1.82, 2.24) is 0 Å². The first-order valence-corrected chi connectivity index (χ1v) is 0.928. The van der Waals surface area contributed by atoms with E-state index in [9.17, 15) is 0 Å². The summed E-state index contributed by atoms with van der Waals surface area (Å²) in [5, 5.41) is 7.42. The standard InChI is InChI=1S/C2H4O2.Co.Mn.H2O/c1-2(3)4;;;/h1H3,(H,3,4);;;1H2. The molecule has 2 radical (unpaired) electrons. The first kappa shape index (κ1) is 26.0. The Morgan fingerprint density at radius 3 is 1.57 bits per heavy atom. The number of hydrogen-bond donors (Lipinski definition) is 1. The Morgan fingerprint density at radius 1 is 1.57 bits per heavy atom. The molecule has 0 heterocycles. The van der Waals surface area contributed by atoms with E-state index in [1.165, 1.54) is 0 Å². The van der Waals surface area contributed by atoms with Crippen LogP contribution in [-0.4, -0.2) is 16.6 Å². The van der Waals surface area contributed by atoms with Crippen LogP contribution in [0, 0.1) is 0 Å². The van der Waals surface area contributed by atoms with Crippen molar-refractivity contribution in [3.8, 4) is 0 Å². The van der Waals surface area contributed by atoms with Gasteiger partial charge in [0.1, 0.15) is 0 Å². The maximum atomic E-state index is 9.00. The van der Waals surface area contributed by atoms with Crippen LogP contribution in [0.4, 0.5) is 0 Å². The molecule has 0 rings (SSSR count). The topological polar surface area (TPSA) is 68.8 Å². The van der Waals surface area contributed by atoms with Crippen LogP contribution in [0.25, 0.3) is 0 Å². The summed E-state index contributed by atoms with van der Waals surface area (Å²) in [5.41, 5.74) is 0. The molecule has 0 atom stereocenters. The average molecular weight is 192 g/mol. The monoisotopic (exact) mass is 192 g/mol. The van der Waals surface area contributed by atoms with Gasteiger partial charge in [-0.25, -0.2) is 0 Å². The number of carboxylic acid groups (broad SMARTS) is 1. The van der Waals surface area contributed by atoms with Crippen molar-refractivity contribution in [3.63, 3.8) is 0 Å². The van der Waals surface area contributed by atoms with Gasteiger partial charge in [0.15, 0.2) is 0 Å². The van der Waals surface area contributed by atoms with Crippen LogP contribution in [0.15, 0.2) is 0 Å². The van der Waals surface area contributed by atoms with E-state index in [0.29, 0.717) is 0 Å². The van der Waals surface area contributed by atoms with Crippen LogP contribution in [-0.2, 0) is 38.6 Å². The van der Waals surface area contributed by atoms with Crippen LogP contribution in [0.3, 0.4) is 0 Å². The molecule has 0 aromatic carbocycles. The van der Waals surface area contributed by atoms with Gasteiger partial charge in [-0.1, -0.05) is 0 Å². The van der Waals surface area contributed by atoms with Crippen LogP contribution in [0.2, 0.25) is 0 Å². The minimum Gasteiger partial charge on any atom is -0.481 e. The van der Waals surface area contributed by atoms with Crippen molar-refractivity contribution in [2.24, 2.45) is 0 Å². The van der Waals surface area contributed by atoms with E-state index >= 15 is 0 Å². The summed E-state index contributed by atoms with van der Waals surface area (Å²) in [4.78, 5) is 9.00. The Hall–Kier alpha value is 0.456. The molecule has 7 heavy (non-hydrogen) atoms. The summed E-state index contributed by atoms with van der Waals surface area (Å²) in [6, 6.07) is 0. The van der Waals surface area contributed by atoms with Gasteiger partial charge in [0.05, 0.1) is 0 Å². The van der Waals surface area contributed by atoms with E-state index in [-0.39, 0.29) is 39.3 Å². The molecule has 0 aromatic heterocycles. The fourth-order valence-electron chi connectivity index (χ4n) is 0. The van der Waals surface area contributed by atoms with E-state index in [1.54, 1.807) is 0 Å². The van der Waals surface area contributed by atoms with Crippen LogP contribution in [0.1, 0.15) is 6.92 Å². The Balaban J connectivity index is -0.0000000150. The SMILES string of the molecule is CC(=O)O.O.[Co].[Mn]. The zero-order chi connectivity index (χ0) is 3.58. The normalized spacial score (nSPS) is 3.57. The molecule has 0 aliphatic carbocycles. The van der Waals surface area contributed by atoms with Crippen LogP contribution in [0.5, 0.6) is 0 Å². The first-order chi connectivity index (χ1) is 1.73. The number of carbonyl (C=O) groups is 1.